The van der Waals surface area contributed by atoms with Crippen LogP contribution in [0.25, 0.3) is 0 Å². The van der Waals surface area contributed by atoms with Crippen molar-refractivity contribution in [1.82, 2.24) is 4.98 Å². The fraction of sp³-hybridized carbons (Fsp3) is 0.500. The molecule has 0 aromatic carbocycles. The van der Waals surface area contributed by atoms with Gasteiger partial charge in [0.15, 0.2) is 5.13 Å². The SMILES string of the molecule is CC(CNc1nc(Br)cs1)S(N)(=O)=O. The summed E-state index contributed by atoms with van der Waals surface area (Å²) >= 11 is 4.59. The monoisotopic (exact) mass is 299 g/mol. The summed E-state index contributed by atoms with van der Waals surface area (Å²) < 4.78 is 22.5. The lowest BCUT2D eigenvalue weighted by atomic mass is 10.5. The van der Waals surface area contributed by atoms with Crippen LogP contribution in [-0.4, -0.2) is 25.2 Å². The van der Waals surface area contributed by atoms with Gasteiger partial charge in [0.1, 0.15) is 4.60 Å². The van der Waals surface area contributed by atoms with Gasteiger partial charge >= 0.3 is 0 Å². The molecule has 0 spiro atoms. The molecule has 1 aromatic rings. The number of sulfonamides is 1. The lowest BCUT2D eigenvalue weighted by Gasteiger charge is -2.08. The fourth-order valence-corrected chi connectivity index (χ4v) is 2.15. The molecule has 0 fully saturated rings. The molecular weight excluding hydrogens is 290 g/mol. The van der Waals surface area contributed by atoms with Crippen LogP contribution in [-0.2, 0) is 10.0 Å². The number of anilines is 1. The molecule has 1 atom stereocenters. The van der Waals surface area contributed by atoms with Crippen molar-refractivity contribution in [3.63, 3.8) is 0 Å². The molecule has 8 heteroatoms. The maximum Gasteiger partial charge on any atom is 0.213 e. The number of primary sulfonamides is 1. The smallest absolute Gasteiger partial charge is 0.213 e. The van der Waals surface area contributed by atoms with Crippen molar-refractivity contribution < 1.29 is 8.42 Å². The van der Waals surface area contributed by atoms with Crippen LogP contribution < -0.4 is 10.5 Å². The Balaban J connectivity index is 2.50. The van der Waals surface area contributed by atoms with Gasteiger partial charge in [0.25, 0.3) is 0 Å². The first kappa shape index (κ1) is 11.9. The van der Waals surface area contributed by atoms with E-state index in [9.17, 15) is 8.42 Å². The van der Waals surface area contributed by atoms with Gasteiger partial charge in [0.05, 0.1) is 5.25 Å². The molecule has 0 aliphatic carbocycles. The summed E-state index contributed by atoms with van der Waals surface area (Å²) in [7, 11) is -3.46. The van der Waals surface area contributed by atoms with Crippen LogP contribution in [0.15, 0.2) is 9.98 Å². The first-order valence-corrected chi connectivity index (χ1v) is 7.04. The zero-order valence-corrected chi connectivity index (χ0v) is 10.6. The van der Waals surface area contributed by atoms with E-state index in [-0.39, 0.29) is 6.54 Å². The van der Waals surface area contributed by atoms with Gasteiger partial charge in [0.2, 0.25) is 10.0 Å². The number of halogens is 1. The van der Waals surface area contributed by atoms with E-state index < -0.39 is 15.3 Å². The Labute approximate surface area is 94.9 Å². The predicted molar refractivity (Wildman–Crippen MR) is 60.9 cm³/mol. The van der Waals surface area contributed by atoms with Crippen molar-refractivity contribution >= 4 is 42.4 Å². The number of hydrogen-bond donors (Lipinski definition) is 2. The van der Waals surface area contributed by atoms with E-state index in [4.69, 9.17) is 5.14 Å². The van der Waals surface area contributed by atoms with E-state index in [1.54, 1.807) is 6.92 Å². The molecule has 0 aliphatic rings. The molecular formula is C6H10BrN3O2S2. The molecule has 5 nitrogen and oxygen atoms in total. The third kappa shape index (κ3) is 3.52. The van der Waals surface area contributed by atoms with Gasteiger partial charge < -0.3 is 5.32 Å². The molecule has 3 N–H and O–H groups in total. The molecule has 1 aromatic heterocycles. The van der Waals surface area contributed by atoms with Gasteiger partial charge in [-0.25, -0.2) is 18.5 Å². The zero-order valence-electron chi connectivity index (χ0n) is 7.40. The van der Waals surface area contributed by atoms with Crippen LogP contribution >= 0.6 is 27.3 Å². The average molecular weight is 300 g/mol. The summed E-state index contributed by atoms with van der Waals surface area (Å²) in [5.74, 6) is 0. The second-order valence-corrected chi connectivity index (χ2v) is 6.41. The highest BCUT2D eigenvalue weighted by Gasteiger charge is 2.15. The summed E-state index contributed by atoms with van der Waals surface area (Å²) in [6, 6.07) is 0. The Bertz CT molecular complexity index is 403. The zero-order chi connectivity index (χ0) is 10.8. The van der Waals surface area contributed by atoms with Crippen LogP contribution in [0.3, 0.4) is 0 Å². The summed E-state index contributed by atoms with van der Waals surface area (Å²) in [5.41, 5.74) is 0. The topological polar surface area (TPSA) is 85.1 Å². The highest BCUT2D eigenvalue weighted by atomic mass is 79.9. The largest absolute Gasteiger partial charge is 0.360 e. The Hall–Kier alpha value is -0.180. The summed E-state index contributed by atoms with van der Waals surface area (Å²) in [4.78, 5) is 4.05. The fourth-order valence-electron chi connectivity index (χ4n) is 0.683. The van der Waals surface area contributed by atoms with Gasteiger partial charge in [-0.3, -0.25) is 0 Å². The van der Waals surface area contributed by atoms with Crippen LogP contribution in [0.5, 0.6) is 0 Å². The number of rotatable bonds is 4. The second kappa shape index (κ2) is 4.56. The summed E-state index contributed by atoms with van der Waals surface area (Å²) in [5, 5.41) is 9.71. The number of nitrogens with one attached hydrogen (secondary N) is 1. The van der Waals surface area contributed by atoms with E-state index in [1.807, 2.05) is 5.38 Å². The highest BCUT2D eigenvalue weighted by Crippen LogP contribution is 2.19. The first-order valence-electron chi connectivity index (χ1n) is 3.76. The van der Waals surface area contributed by atoms with E-state index in [1.165, 1.54) is 11.3 Å². The lowest BCUT2D eigenvalue weighted by Crippen LogP contribution is -2.31. The standard InChI is InChI=1S/C6H10BrN3O2S2/c1-4(14(8,11)12)2-9-6-10-5(7)3-13-6/h3-4H,2H2,1H3,(H,9,10)(H2,8,11,12). The first-order chi connectivity index (χ1) is 6.39. The minimum absolute atomic E-state index is 0.263. The molecule has 14 heavy (non-hydrogen) atoms. The average Bonchev–Trinajstić information content (AvgIpc) is 2.45. The minimum atomic E-state index is -3.46. The van der Waals surface area contributed by atoms with Gasteiger partial charge in [-0.15, -0.1) is 11.3 Å². The van der Waals surface area contributed by atoms with Crippen molar-refractivity contribution in [2.24, 2.45) is 5.14 Å². The normalized spacial score (nSPS) is 13.9. The Morgan fingerprint density at radius 1 is 1.79 bits per heavy atom. The number of nitrogens with two attached hydrogens (primary N) is 1. The summed E-state index contributed by atoms with van der Waals surface area (Å²) in [6.45, 7) is 1.81. The van der Waals surface area contributed by atoms with Gasteiger partial charge in [-0.2, -0.15) is 0 Å². The summed E-state index contributed by atoms with van der Waals surface area (Å²) in [6.07, 6.45) is 0. The Morgan fingerprint density at radius 3 is 2.86 bits per heavy atom. The van der Waals surface area contributed by atoms with Gasteiger partial charge in [0, 0.05) is 11.9 Å². The van der Waals surface area contributed by atoms with Crippen LogP contribution in [0.1, 0.15) is 6.92 Å². The molecule has 1 unspecified atom stereocenters. The molecule has 0 amide bonds. The molecule has 0 saturated heterocycles. The van der Waals surface area contributed by atoms with Crippen molar-refractivity contribution in [1.29, 1.82) is 0 Å². The highest BCUT2D eigenvalue weighted by molar-refractivity contribution is 9.10. The lowest BCUT2D eigenvalue weighted by molar-refractivity contribution is 0.587. The number of aromatic nitrogens is 1. The molecule has 0 aliphatic heterocycles. The molecule has 80 valence electrons. The third-order valence-corrected chi connectivity index (χ3v) is 4.38. The maximum atomic E-state index is 10.9. The van der Waals surface area contributed by atoms with Crippen molar-refractivity contribution in [3.05, 3.63) is 9.98 Å². The molecule has 0 saturated carbocycles. The van der Waals surface area contributed by atoms with Crippen LogP contribution in [0.2, 0.25) is 0 Å². The van der Waals surface area contributed by atoms with Gasteiger partial charge in [-0.1, -0.05) is 0 Å². The molecule has 1 rings (SSSR count). The molecule has 0 bridgehead atoms. The number of nitrogens with zero attached hydrogens (tertiary/aromatic N) is 1. The van der Waals surface area contributed by atoms with Crippen molar-refractivity contribution in [3.8, 4) is 0 Å². The quantitative estimate of drug-likeness (QED) is 0.868. The Morgan fingerprint density at radius 2 is 2.43 bits per heavy atom. The van der Waals surface area contributed by atoms with Crippen molar-refractivity contribution in [2.75, 3.05) is 11.9 Å². The number of hydrogen-bond acceptors (Lipinski definition) is 5. The third-order valence-electron chi connectivity index (χ3n) is 1.58. The molecule has 1 heterocycles. The Kier molecular flexibility index (Phi) is 3.87. The van der Waals surface area contributed by atoms with Gasteiger partial charge in [-0.05, 0) is 22.9 Å². The van der Waals surface area contributed by atoms with E-state index in [2.05, 4.69) is 26.2 Å². The van der Waals surface area contributed by atoms with E-state index in [0.29, 0.717) is 5.13 Å². The van der Waals surface area contributed by atoms with Crippen LogP contribution in [0, 0.1) is 0 Å². The second-order valence-electron chi connectivity index (χ2n) is 2.76. The number of thiazole rings is 1. The minimum Gasteiger partial charge on any atom is -0.360 e. The van der Waals surface area contributed by atoms with Crippen LogP contribution in [0.4, 0.5) is 5.13 Å². The van der Waals surface area contributed by atoms with E-state index in [0.717, 1.165) is 4.60 Å². The maximum absolute atomic E-state index is 10.9. The van der Waals surface area contributed by atoms with E-state index >= 15 is 0 Å². The molecule has 0 radical (unpaired) electrons. The van der Waals surface area contributed by atoms with Crippen molar-refractivity contribution in [2.45, 2.75) is 12.2 Å². The predicted octanol–water partition coefficient (Wildman–Crippen LogP) is 0.994.